The summed E-state index contributed by atoms with van der Waals surface area (Å²) in [5, 5.41) is 9.74. The second kappa shape index (κ2) is 9.18. The van der Waals surface area contributed by atoms with E-state index in [0.717, 1.165) is 56.5 Å². The highest BCUT2D eigenvalue weighted by Gasteiger charge is 2.35. The van der Waals surface area contributed by atoms with E-state index < -0.39 is 5.97 Å². The van der Waals surface area contributed by atoms with E-state index in [2.05, 4.69) is 22.8 Å². The summed E-state index contributed by atoms with van der Waals surface area (Å²) < 4.78 is 5.53. The van der Waals surface area contributed by atoms with Gasteiger partial charge in [0.15, 0.2) is 0 Å². The number of hydrogen-bond acceptors (Lipinski definition) is 5. The molecule has 1 atom stereocenters. The van der Waals surface area contributed by atoms with Crippen molar-refractivity contribution in [3.05, 3.63) is 23.0 Å². The number of thioether (sulfide) groups is 1. The highest BCUT2D eigenvalue weighted by atomic mass is 32.2. The molecule has 2 aliphatic heterocycles. The van der Waals surface area contributed by atoms with Crippen molar-refractivity contribution in [2.45, 2.75) is 51.3 Å². The molecule has 0 radical (unpaired) electrons. The molecule has 3 rings (SSSR count). The van der Waals surface area contributed by atoms with Gasteiger partial charge in [0.05, 0.1) is 18.8 Å². The molecular weight excluding hydrogens is 348 g/mol. The van der Waals surface area contributed by atoms with Gasteiger partial charge in [0, 0.05) is 19.6 Å². The molecule has 0 aromatic heterocycles. The van der Waals surface area contributed by atoms with Gasteiger partial charge in [-0.1, -0.05) is 32.6 Å². The van der Waals surface area contributed by atoms with Crippen LogP contribution in [0.5, 0.6) is 0 Å². The molecule has 1 saturated carbocycles. The monoisotopic (exact) mass is 380 g/mol. The van der Waals surface area contributed by atoms with E-state index in [4.69, 9.17) is 4.74 Å². The maximum absolute atomic E-state index is 12.0. The van der Waals surface area contributed by atoms with E-state index in [-0.39, 0.29) is 5.37 Å². The van der Waals surface area contributed by atoms with Crippen molar-refractivity contribution >= 4 is 17.7 Å². The quantitative estimate of drug-likeness (QED) is 0.729. The zero-order valence-corrected chi connectivity index (χ0v) is 16.9. The second-order valence-corrected chi connectivity index (χ2v) is 8.80. The fraction of sp³-hybridized carbons (Fsp3) is 0.750. The molecule has 0 amide bonds. The predicted octanol–water partition coefficient (Wildman–Crippen LogP) is 3.54. The first-order valence-corrected chi connectivity index (χ1v) is 11.0. The van der Waals surface area contributed by atoms with Crippen LogP contribution in [0.15, 0.2) is 23.0 Å². The number of carbonyl (C=O) groups is 1. The number of carboxylic acid groups (broad SMARTS) is 1. The Morgan fingerprint density at radius 3 is 2.62 bits per heavy atom. The van der Waals surface area contributed by atoms with Crippen LogP contribution in [-0.4, -0.2) is 64.9 Å². The lowest BCUT2D eigenvalue weighted by molar-refractivity contribution is -0.133. The molecule has 26 heavy (non-hydrogen) atoms. The Kier molecular flexibility index (Phi) is 6.92. The van der Waals surface area contributed by atoms with Crippen LogP contribution < -0.4 is 0 Å². The molecule has 1 unspecified atom stereocenters. The average Bonchev–Trinajstić information content (AvgIpc) is 3.14. The molecule has 2 fully saturated rings. The van der Waals surface area contributed by atoms with E-state index in [1.807, 2.05) is 6.92 Å². The van der Waals surface area contributed by atoms with Gasteiger partial charge < -0.3 is 19.6 Å². The second-order valence-electron chi connectivity index (χ2n) is 7.44. The Bertz CT molecular complexity index is 563. The third kappa shape index (κ3) is 4.39. The molecule has 1 saturated heterocycles. The maximum Gasteiger partial charge on any atom is 0.334 e. The van der Waals surface area contributed by atoms with Crippen LogP contribution in [0.2, 0.25) is 0 Å². The van der Waals surface area contributed by atoms with Gasteiger partial charge in [0.2, 0.25) is 0 Å². The van der Waals surface area contributed by atoms with Gasteiger partial charge in [-0.25, -0.2) is 4.79 Å². The molecule has 6 heteroatoms. The van der Waals surface area contributed by atoms with Crippen LogP contribution in [0.1, 0.15) is 46.0 Å². The molecule has 1 N–H and O–H groups in total. The minimum atomic E-state index is -0.781. The lowest BCUT2D eigenvalue weighted by Crippen LogP contribution is -2.48. The predicted molar refractivity (Wildman–Crippen MR) is 106 cm³/mol. The smallest absolute Gasteiger partial charge is 0.334 e. The van der Waals surface area contributed by atoms with E-state index >= 15 is 0 Å². The maximum atomic E-state index is 12.0. The molecule has 5 nitrogen and oxygen atoms in total. The summed E-state index contributed by atoms with van der Waals surface area (Å²) in [5.41, 5.74) is 1.45. The van der Waals surface area contributed by atoms with Crippen LogP contribution in [0.4, 0.5) is 0 Å². The Hall–Kier alpha value is -1.14. The topological polar surface area (TPSA) is 53.0 Å². The lowest BCUT2D eigenvalue weighted by atomic mass is 10.0. The van der Waals surface area contributed by atoms with Gasteiger partial charge in [-0.3, -0.25) is 0 Å². The van der Waals surface area contributed by atoms with E-state index in [9.17, 15) is 9.90 Å². The molecular formula is C20H32N2O3S. The fourth-order valence-corrected chi connectivity index (χ4v) is 5.51. The SMILES string of the molecule is CCSC1C(C(=O)O)=C(C)C=C(N2CCOCC2)N1CCC1CCCC1. The van der Waals surface area contributed by atoms with Crippen LogP contribution in [0, 0.1) is 5.92 Å². The largest absolute Gasteiger partial charge is 0.478 e. The number of carboxylic acids is 1. The first-order chi connectivity index (χ1) is 12.6. The number of nitrogens with zero attached hydrogens (tertiary/aromatic N) is 2. The van der Waals surface area contributed by atoms with Crippen LogP contribution in [-0.2, 0) is 9.53 Å². The first kappa shape index (κ1) is 19.6. The third-order valence-electron chi connectivity index (χ3n) is 5.74. The van der Waals surface area contributed by atoms with E-state index in [1.165, 1.54) is 31.5 Å². The summed E-state index contributed by atoms with van der Waals surface area (Å²) in [6.45, 7) is 8.25. The molecule has 0 spiro atoms. The third-order valence-corrected chi connectivity index (χ3v) is 6.88. The summed E-state index contributed by atoms with van der Waals surface area (Å²) in [4.78, 5) is 16.7. The minimum absolute atomic E-state index is 0.0956. The number of allylic oxidation sites excluding steroid dienone is 2. The molecule has 3 aliphatic rings. The number of hydrogen-bond donors (Lipinski definition) is 1. The van der Waals surface area contributed by atoms with Crippen molar-refractivity contribution < 1.29 is 14.6 Å². The highest BCUT2D eigenvalue weighted by Crippen LogP contribution is 2.37. The van der Waals surface area contributed by atoms with E-state index in [1.54, 1.807) is 11.8 Å². The number of morpholine rings is 1. The normalized spacial score (nSPS) is 25.0. The van der Waals surface area contributed by atoms with Crippen molar-refractivity contribution in [2.75, 3.05) is 38.6 Å². The fourth-order valence-electron chi connectivity index (χ4n) is 4.35. The Morgan fingerprint density at radius 2 is 2.00 bits per heavy atom. The number of ether oxygens (including phenoxy) is 1. The summed E-state index contributed by atoms with van der Waals surface area (Å²) in [5.74, 6) is 2.12. The molecule has 0 aromatic carbocycles. The molecule has 0 bridgehead atoms. The van der Waals surface area contributed by atoms with Crippen molar-refractivity contribution in [3.8, 4) is 0 Å². The summed E-state index contributed by atoms with van der Waals surface area (Å²) in [6.07, 6.45) is 8.62. The van der Waals surface area contributed by atoms with Crippen molar-refractivity contribution in [3.63, 3.8) is 0 Å². The van der Waals surface area contributed by atoms with Crippen molar-refractivity contribution in [1.82, 2.24) is 9.80 Å². The van der Waals surface area contributed by atoms with Crippen LogP contribution in [0.25, 0.3) is 0 Å². The molecule has 0 aromatic rings. The Balaban J connectivity index is 1.87. The first-order valence-electron chi connectivity index (χ1n) is 9.98. The van der Waals surface area contributed by atoms with Crippen molar-refractivity contribution in [2.24, 2.45) is 5.92 Å². The molecule has 2 heterocycles. The van der Waals surface area contributed by atoms with E-state index in [0.29, 0.717) is 5.57 Å². The van der Waals surface area contributed by atoms with Gasteiger partial charge in [0.25, 0.3) is 0 Å². The zero-order valence-electron chi connectivity index (χ0n) is 16.1. The van der Waals surface area contributed by atoms with Crippen LogP contribution >= 0.6 is 11.8 Å². The molecule has 146 valence electrons. The standard InChI is InChI=1S/C20H32N2O3S/c1-3-26-19-18(20(23)24)15(2)14-17(21-10-12-25-13-11-21)22(19)9-8-16-6-4-5-7-16/h14,16,19H,3-13H2,1-2H3,(H,23,24). The molecule has 1 aliphatic carbocycles. The highest BCUT2D eigenvalue weighted by molar-refractivity contribution is 8.00. The summed E-state index contributed by atoms with van der Waals surface area (Å²) in [6, 6.07) is 0. The summed E-state index contributed by atoms with van der Waals surface area (Å²) >= 11 is 1.74. The van der Waals surface area contributed by atoms with Gasteiger partial charge in [0.1, 0.15) is 11.2 Å². The van der Waals surface area contributed by atoms with Crippen LogP contribution in [0.3, 0.4) is 0 Å². The number of rotatable bonds is 7. The lowest BCUT2D eigenvalue weighted by Gasteiger charge is -2.44. The summed E-state index contributed by atoms with van der Waals surface area (Å²) in [7, 11) is 0. The Labute approximate surface area is 161 Å². The van der Waals surface area contributed by atoms with Gasteiger partial charge in [-0.05, 0) is 36.7 Å². The van der Waals surface area contributed by atoms with Gasteiger partial charge in [-0.15, -0.1) is 11.8 Å². The number of aliphatic carboxylic acids is 1. The van der Waals surface area contributed by atoms with Gasteiger partial charge >= 0.3 is 5.97 Å². The van der Waals surface area contributed by atoms with Gasteiger partial charge in [-0.2, -0.15) is 0 Å². The Morgan fingerprint density at radius 1 is 1.31 bits per heavy atom. The minimum Gasteiger partial charge on any atom is -0.478 e. The van der Waals surface area contributed by atoms with Crippen molar-refractivity contribution in [1.29, 1.82) is 0 Å². The average molecular weight is 381 g/mol. The zero-order chi connectivity index (χ0) is 18.5.